The first-order chi connectivity index (χ1) is 17.9. The maximum absolute atomic E-state index is 13.9. The van der Waals surface area contributed by atoms with Gasteiger partial charge in [0.05, 0.1) is 6.54 Å². The number of hydrogen-bond donors (Lipinski definition) is 1. The summed E-state index contributed by atoms with van der Waals surface area (Å²) >= 11 is 0. The average molecular weight is 499 g/mol. The first-order valence-corrected chi connectivity index (χ1v) is 14.2. The number of nitrogens with zero attached hydrogens (tertiary/aromatic N) is 1. The van der Waals surface area contributed by atoms with E-state index in [0.29, 0.717) is 18.4 Å². The summed E-state index contributed by atoms with van der Waals surface area (Å²) in [5.74, 6) is 0.635. The molecule has 37 heavy (non-hydrogen) atoms. The summed E-state index contributed by atoms with van der Waals surface area (Å²) in [6.07, 6.45) is 8.91. The summed E-state index contributed by atoms with van der Waals surface area (Å²) in [6.45, 7) is 11.5. The molecule has 0 radical (unpaired) electrons. The highest BCUT2D eigenvalue weighted by molar-refractivity contribution is 6.02. The van der Waals surface area contributed by atoms with Gasteiger partial charge >= 0.3 is 6.03 Å². The summed E-state index contributed by atoms with van der Waals surface area (Å²) < 4.78 is 0. The van der Waals surface area contributed by atoms with Crippen molar-refractivity contribution in [2.75, 3.05) is 10.2 Å². The third-order valence-corrected chi connectivity index (χ3v) is 7.10. The van der Waals surface area contributed by atoms with E-state index in [2.05, 4.69) is 94.5 Å². The van der Waals surface area contributed by atoms with Crippen LogP contribution in [-0.2, 0) is 13.0 Å². The Balaban J connectivity index is 1.81. The van der Waals surface area contributed by atoms with E-state index in [1.807, 2.05) is 23.1 Å². The maximum Gasteiger partial charge on any atom is 0.326 e. The van der Waals surface area contributed by atoms with Crippen LogP contribution in [0.25, 0.3) is 0 Å². The Morgan fingerprint density at radius 3 is 1.89 bits per heavy atom. The normalized spacial score (nSPS) is 11.2. The van der Waals surface area contributed by atoms with Crippen LogP contribution >= 0.6 is 0 Å². The minimum atomic E-state index is -0.0949. The molecule has 1 N–H and O–H groups in total. The molecule has 2 amide bonds. The minimum Gasteiger partial charge on any atom is -0.307 e. The second-order valence-electron chi connectivity index (χ2n) is 10.8. The molecule has 3 rings (SSSR count). The second-order valence-corrected chi connectivity index (χ2v) is 10.8. The molecule has 3 heteroatoms. The Morgan fingerprint density at radius 1 is 0.703 bits per heavy atom. The summed E-state index contributed by atoms with van der Waals surface area (Å²) in [6, 6.07) is 25.1. The van der Waals surface area contributed by atoms with Crippen LogP contribution in [0, 0.1) is 0 Å². The zero-order chi connectivity index (χ0) is 26.6. The van der Waals surface area contributed by atoms with Gasteiger partial charge < -0.3 is 5.32 Å². The lowest BCUT2D eigenvalue weighted by molar-refractivity contribution is 0.256. The highest BCUT2D eigenvalue weighted by Gasteiger charge is 2.21. The summed E-state index contributed by atoms with van der Waals surface area (Å²) in [4.78, 5) is 15.7. The summed E-state index contributed by atoms with van der Waals surface area (Å²) in [5.41, 5.74) is 6.67. The highest BCUT2D eigenvalue weighted by atomic mass is 16.2. The molecule has 0 aromatic heterocycles. The van der Waals surface area contributed by atoms with E-state index in [-0.39, 0.29) is 6.03 Å². The third kappa shape index (κ3) is 8.49. The number of amides is 2. The molecule has 0 atom stereocenters. The Kier molecular flexibility index (Phi) is 11.3. The van der Waals surface area contributed by atoms with Crippen LogP contribution in [0.1, 0.15) is 107 Å². The number of hydrogen-bond acceptors (Lipinski definition) is 1. The fraction of sp³-hybridized carbons (Fsp3) is 0.441. The maximum atomic E-state index is 13.9. The van der Waals surface area contributed by atoms with Gasteiger partial charge in [0, 0.05) is 11.4 Å². The molecule has 0 spiro atoms. The number of carbonyl (C=O) groups is 1. The molecule has 0 saturated heterocycles. The van der Waals surface area contributed by atoms with E-state index < -0.39 is 0 Å². The lowest BCUT2D eigenvalue weighted by atomic mass is 9.93. The number of anilines is 2. The van der Waals surface area contributed by atoms with Crippen LogP contribution in [-0.4, -0.2) is 6.03 Å². The number of para-hydroxylation sites is 1. The number of rotatable bonds is 13. The Morgan fingerprint density at radius 2 is 1.30 bits per heavy atom. The predicted octanol–water partition coefficient (Wildman–Crippen LogP) is 10.1. The van der Waals surface area contributed by atoms with Crippen molar-refractivity contribution in [2.24, 2.45) is 0 Å². The van der Waals surface area contributed by atoms with E-state index in [1.165, 1.54) is 55.2 Å². The fourth-order valence-electron chi connectivity index (χ4n) is 4.87. The number of carbonyl (C=O) groups excluding carboxylic acids is 1. The van der Waals surface area contributed by atoms with Crippen LogP contribution < -0.4 is 10.2 Å². The zero-order valence-corrected chi connectivity index (χ0v) is 23.6. The topological polar surface area (TPSA) is 32.3 Å². The lowest BCUT2D eigenvalue weighted by Gasteiger charge is -2.26. The van der Waals surface area contributed by atoms with Crippen molar-refractivity contribution >= 4 is 17.4 Å². The molecule has 0 aliphatic heterocycles. The van der Waals surface area contributed by atoms with Crippen molar-refractivity contribution in [3.8, 4) is 0 Å². The molecule has 3 aromatic rings. The monoisotopic (exact) mass is 498 g/mol. The van der Waals surface area contributed by atoms with Crippen molar-refractivity contribution < 1.29 is 4.79 Å². The van der Waals surface area contributed by atoms with Crippen LogP contribution in [0.3, 0.4) is 0 Å². The van der Waals surface area contributed by atoms with Gasteiger partial charge in [0.15, 0.2) is 0 Å². The van der Waals surface area contributed by atoms with Gasteiger partial charge in [-0.3, -0.25) is 4.90 Å². The molecule has 0 saturated carbocycles. The van der Waals surface area contributed by atoms with Gasteiger partial charge in [0.2, 0.25) is 0 Å². The third-order valence-electron chi connectivity index (χ3n) is 7.10. The number of aryl methyl sites for hydroxylation is 1. The molecule has 0 fully saturated rings. The molecular formula is C34H46N2O. The van der Waals surface area contributed by atoms with E-state index in [4.69, 9.17) is 0 Å². The van der Waals surface area contributed by atoms with Crippen LogP contribution in [0.4, 0.5) is 16.2 Å². The molecule has 0 heterocycles. The first kappa shape index (κ1) is 28.5. The fourth-order valence-corrected chi connectivity index (χ4v) is 4.87. The Labute approximate surface area is 225 Å². The van der Waals surface area contributed by atoms with Crippen LogP contribution in [0.2, 0.25) is 0 Å². The predicted molar refractivity (Wildman–Crippen MR) is 160 cm³/mol. The van der Waals surface area contributed by atoms with E-state index in [1.54, 1.807) is 0 Å². The van der Waals surface area contributed by atoms with Gasteiger partial charge in [-0.15, -0.1) is 0 Å². The molecule has 0 aliphatic carbocycles. The smallest absolute Gasteiger partial charge is 0.307 e. The molecule has 3 nitrogen and oxygen atoms in total. The van der Waals surface area contributed by atoms with Crippen molar-refractivity contribution in [3.63, 3.8) is 0 Å². The average Bonchev–Trinajstić information content (AvgIpc) is 2.90. The lowest BCUT2D eigenvalue weighted by Crippen LogP contribution is -2.35. The van der Waals surface area contributed by atoms with Gasteiger partial charge in [-0.1, -0.05) is 127 Å². The first-order valence-electron chi connectivity index (χ1n) is 14.2. The van der Waals surface area contributed by atoms with Gasteiger partial charge in [0.25, 0.3) is 0 Å². The number of benzene rings is 3. The SMILES string of the molecule is CCCCCCCCc1ccc(N(Cc2ccccc2)C(=O)Nc2c(C(C)C)cccc2C(C)C)cc1. The number of urea groups is 1. The van der Waals surface area contributed by atoms with Crippen molar-refractivity contribution in [3.05, 3.63) is 95.1 Å². The van der Waals surface area contributed by atoms with E-state index in [0.717, 1.165) is 23.4 Å². The quantitative estimate of drug-likeness (QED) is 0.234. The van der Waals surface area contributed by atoms with E-state index in [9.17, 15) is 4.79 Å². The van der Waals surface area contributed by atoms with Crippen molar-refractivity contribution in [1.82, 2.24) is 0 Å². The molecule has 3 aromatic carbocycles. The molecule has 198 valence electrons. The number of unbranched alkanes of at least 4 members (excludes halogenated alkanes) is 5. The standard InChI is InChI=1S/C34H46N2O/c1-6-7-8-9-10-12-16-28-21-23-30(24-22-28)36(25-29-17-13-11-14-18-29)34(37)35-33-31(26(2)3)19-15-20-32(33)27(4)5/h11,13-15,17-24,26-27H,6-10,12,16,25H2,1-5H3,(H,35,37). The summed E-state index contributed by atoms with van der Waals surface area (Å²) in [7, 11) is 0. The Bertz CT molecular complexity index is 1060. The number of nitrogens with one attached hydrogen (secondary N) is 1. The molecule has 0 unspecified atom stereocenters. The van der Waals surface area contributed by atoms with Gasteiger partial charge in [-0.25, -0.2) is 4.79 Å². The summed E-state index contributed by atoms with van der Waals surface area (Å²) in [5, 5.41) is 3.32. The van der Waals surface area contributed by atoms with Crippen molar-refractivity contribution in [2.45, 2.75) is 97.9 Å². The van der Waals surface area contributed by atoms with Gasteiger partial charge in [-0.05, 0) is 59.1 Å². The second kappa shape index (κ2) is 14.6. The van der Waals surface area contributed by atoms with Crippen LogP contribution in [0.5, 0.6) is 0 Å². The molecule has 0 bridgehead atoms. The van der Waals surface area contributed by atoms with Gasteiger partial charge in [0.1, 0.15) is 0 Å². The Hall–Kier alpha value is -3.07. The minimum absolute atomic E-state index is 0.0949. The molecule has 0 aliphatic rings. The van der Waals surface area contributed by atoms with Crippen LogP contribution in [0.15, 0.2) is 72.8 Å². The molecular weight excluding hydrogens is 452 g/mol. The van der Waals surface area contributed by atoms with Crippen molar-refractivity contribution in [1.29, 1.82) is 0 Å². The zero-order valence-electron chi connectivity index (χ0n) is 23.6. The van der Waals surface area contributed by atoms with E-state index >= 15 is 0 Å². The largest absolute Gasteiger partial charge is 0.326 e. The highest BCUT2D eigenvalue weighted by Crippen LogP contribution is 2.33. The van der Waals surface area contributed by atoms with Gasteiger partial charge in [-0.2, -0.15) is 0 Å².